The summed E-state index contributed by atoms with van der Waals surface area (Å²) in [6, 6.07) is 0. The number of ether oxygens (including phenoxy) is 3. The van der Waals surface area contributed by atoms with E-state index in [-0.39, 0.29) is 16.9 Å². The summed E-state index contributed by atoms with van der Waals surface area (Å²) >= 11 is 0. The molecule has 0 aromatic rings. The van der Waals surface area contributed by atoms with Gasteiger partial charge >= 0.3 is 0 Å². The van der Waals surface area contributed by atoms with Gasteiger partial charge in [0.25, 0.3) is 0 Å². The molecule has 4 heteroatoms. The minimum absolute atomic E-state index is 0.170. The molecule has 0 unspecified atom stereocenters. The van der Waals surface area contributed by atoms with Crippen LogP contribution < -0.4 is 0 Å². The zero-order valence-corrected chi connectivity index (χ0v) is 20.8. The van der Waals surface area contributed by atoms with Crippen LogP contribution in [0, 0.1) is 46.3 Å². The van der Waals surface area contributed by atoms with E-state index >= 15 is 0 Å². The maximum absolute atomic E-state index is 9.39. The normalized spacial score (nSPS) is 46.9. The predicted molar refractivity (Wildman–Crippen MR) is 123 cm³/mol. The molecule has 0 heterocycles. The molecular formula is C27H46O4. The fourth-order valence-corrected chi connectivity index (χ4v) is 8.75. The fourth-order valence-electron chi connectivity index (χ4n) is 8.75. The predicted octanol–water partition coefficient (Wildman–Crippen LogP) is 5.24. The average molecular weight is 435 g/mol. The molecule has 4 fully saturated rings. The van der Waals surface area contributed by atoms with E-state index in [1.54, 1.807) is 11.8 Å². The average Bonchev–Trinajstić information content (AvgIpc) is 3.13. The second-order valence-electron chi connectivity index (χ2n) is 11.5. The van der Waals surface area contributed by atoms with E-state index in [2.05, 4.69) is 20.8 Å². The molecule has 0 aromatic carbocycles. The van der Waals surface area contributed by atoms with Gasteiger partial charge in [-0.05, 0) is 92.8 Å². The molecule has 4 rings (SSSR count). The topological polar surface area (TPSA) is 47.9 Å². The number of rotatable bonds is 7. The Kier molecular flexibility index (Phi) is 7.14. The minimum Gasteiger partial charge on any atom is -0.396 e. The van der Waals surface area contributed by atoms with Crippen LogP contribution in [0.25, 0.3) is 0 Å². The summed E-state index contributed by atoms with van der Waals surface area (Å²) in [5, 5.41) is 9.39. The Morgan fingerprint density at radius 3 is 2.42 bits per heavy atom. The van der Waals surface area contributed by atoms with Gasteiger partial charge < -0.3 is 19.3 Å². The highest BCUT2D eigenvalue weighted by molar-refractivity contribution is 5.32. The fraction of sp³-hybridized carbons (Fsp3) is 0.926. The van der Waals surface area contributed by atoms with Crippen LogP contribution in [-0.4, -0.2) is 51.4 Å². The lowest BCUT2D eigenvalue weighted by atomic mass is 9.43. The van der Waals surface area contributed by atoms with Crippen LogP contribution in [0.15, 0.2) is 0 Å². The number of fused-ring (bicyclic) bond motifs is 5. The van der Waals surface area contributed by atoms with Crippen molar-refractivity contribution in [1.82, 2.24) is 0 Å². The first-order chi connectivity index (χ1) is 14.8. The molecule has 0 aromatic heterocycles. The Morgan fingerprint density at radius 2 is 1.77 bits per heavy atom. The van der Waals surface area contributed by atoms with Crippen LogP contribution in [-0.2, 0) is 14.2 Å². The first-order valence-corrected chi connectivity index (χ1v) is 12.8. The van der Waals surface area contributed by atoms with Crippen LogP contribution in [0.3, 0.4) is 0 Å². The summed E-state index contributed by atoms with van der Waals surface area (Å²) in [5.74, 6) is 5.82. The van der Waals surface area contributed by atoms with Gasteiger partial charge in [0.15, 0.2) is 0 Å². The number of aliphatic hydroxyl groups is 1. The largest absolute Gasteiger partial charge is 0.396 e. The Bertz CT molecular complexity index is 610. The molecule has 0 aliphatic heterocycles. The Labute approximate surface area is 190 Å². The second-order valence-corrected chi connectivity index (χ2v) is 11.5. The lowest BCUT2D eigenvalue weighted by molar-refractivity contribution is -0.138. The van der Waals surface area contributed by atoms with Gasteiger partial charge in [0.2, 0.25) is 0 Å². The van der Waals surface area contributed by atoms with Crippen molar-refractivity contribution in [3.8, 4) is 0 Å². The summed E-state index contributed by atoms with van der Waals surface area (Å²) in [7, 11) is 5.73. The SMILES string of the molecule is CO[C@@H]1CC[C@@]2(C)[C](C1)C[C@@H](OC)[C]1[C@@H]3CC[C@H]([C@H](C)CCCO)[C@@]3(C)[C@@H](OC)C[C@@H]12. The molecule has 1 N–H and O–H groups in total. The van der Waals surface area contributed by atoms with Gasteiger partial charge in [0, 0.05) is 39.3 Å². The lowest BCUT2D eigenvalue weighted by Gasteiger charge is -2.64. The standard InChI is InChI=1S/C27H46O4/c1-17(8-7-13-28)20-9-10-21-25-22(16-24(31-6)27(20,21)3)26(2)12-11-19(29-4)14-18(26)15-23(25)30-5/h17,19-24,28H,7-16H2,1-6H3/t17-,19-,20-,21+,22+,23-,24+,26+,27-/m1/s1. The van der Waals surface area contributed by atoms with Crippen molar-refractivity contribution in [2.75, 3.05) is 27.9 Å². The van der Waals surface area contributed by atoms with E-state index in [1.807, 2.05) is 21.3 Å². The maximum Gasteiger partial charge on any atom is 0.0645 e. The molecule has 0 spiro atoms. The minimum atomic E-state index is 0.170. The summed E-state index contributed by atoms with van der Waals surface area (Å²) < 4.78 is 18.4. The van der Waals surface area contributed by atoms with Crippen molar-refractivity contribution in [2.45, 2.75) is 96.9 Å². The van der Waals surface area contributed by atoms with Crippen LogP contribution in [0.5, 0.6) is 0 Å². The Morgan fingerprint density at radius 1 is 1.00 bits per heavy atom. The molecule has 4 saturated carbocycles. The highest BCUT2D eigenvalue weighted by Crippen LogP contribution is 2.70. The van der Waals surface area contributed by atoms with E-state index in [0.29, 0.717) is 42.5 Å². The van der Waals surface area contributed by atoms with E-state index in [4.69, 9.17) is 14.2 Å². The summed E-state index contributed by atoms with van der Waals surface area (Å²) in [6.07, 6.45) is 11.2. The van der Waals surface area contributed by atoms with Crippen LogP contribution >= 0.6 is 0 Å². The van der Waals surface area contributed by atoms with Crippen molar-refractivity contribution in [3.05, 3.63) is 11.8 Å². The van der Waals surface area contributed by atoms with Crippen LogP contribution in [0.2, 0.25) is 0 Å². The van der Waals surface area contributed by atoms with Gasteiger partial charge in [-0.1, -0.05) is 20.8 Å². The molecule has 2 radical (unpaired) electrons. The Balaban J connectivity index is 1.66. The molecule has 4 aliphatic carbocycles. The van der Waals surface area contributed by atoms with Crippen LogP contribution in [0.1, 0.15) is 78.6 Å². The van der Waals surface area contributed by atoms with Crippen molar-refractivity contribution >= 4 is 0 Å². The monoisotopic (exact) mass is 434 g/mol. The number of aliphatic hydroxyl groups excluding tert-OH is 1. The van der Waals surface area contributed by atoms with Gasteiger partial charge in [-0.15, -0.1) is 0 Å². The Hall–Kier alpha value is -0.160. The van der Waals surface area contributed by atoms with Gasteiger partial charge in [0.05, 0.1) is 18.3 Å². The highest BCUT2D eigenvalue weighted by atomic mass is 16.5. The lowest BCUT2D eigenvalue weighted by Crippen LogP contribution is -2.61. The van der Waals surface area contributed by atoms with Gasteiger partial charge in [-0.3, -0.25) is 0 Å². The molecule has 9 atom stereocenters. The van der Waals surface area contributed by atoms with E-state index in [9.17, 15) is 5.11 Å². The van der Waals surface area contributed by atoms with Gasteiger partial charge in [-0.25, -0.2) is 0 Å². The third-order valence-corrected chi connectivity index (χ3v) is 10.5. The number of hydrogen-bond donors (Lipinski definition) is 1. The summed E-state index contributed by atoms with van der Waals surface area (Å²) in [5.41, 5.74) is 0.432. The van der Waals surface area contributed by atoms with E-state index in [1.165, 1.54) is 25.7 Å². The quantitative estimate of drug-likeness (QED) is 0.596. The molecule has 4 aliphatic rings. The number of methoxy groups -OCH3 is 3. The third kappa shape index (κ3) is 3.72. The van der Waals surface area contributed by atoms with Gasteiger partial charge in [-0.2, -0.15) is 0 Å². The molecule has 31 heavy (non-hydrogen) atoms. The molecule has 0 amide bonds. The van der Waals surface area contributed by atoms with Crippen molar-refractivity contribution < 1.29 is 19.3 Å². The van der Waals surface area contributed by atoms with E-state index < -0.39 is 0 Å². The zero-order valence-electron chi connectivity index (χ0n) is 20.8. The molecule has 4 nitrogen and oxygen atoms in total. The van der Waals surface area contributed by atoms with Crippen molar-refractivity contribution in [3.63, 3.8) is 0 Å². The first-order valence-electron chi connectivity index (χ1n) is 12.8. The van der Waals surface area contributed by atoms with Crippen LogP contribution in [0.4, 0.5) is 0 Å². The summed E-state index contributed by atoms with van der Waals surface area (Å²) in [6.45, 7) is 7.77. The molecule has 0 bridgehead atoms. The van der Waals surface area contributed by atoms with Crippen molar-refractivity contribution in [2.24, 2.45) is 34.5 Å². The third-order valence-electron chi connectivity index (χ3n) is 10.5. The van der Waals surface area contributed by atoms with E-state index in [0.717, 1.165) is 32.1 Å². The molecule has 0 saturated heterocycles. The molecular weight excluding hydrogens is 388 g/mol. The maximum atomic E-state index is 9.39. The summed E-state index contributed by atoms with van der Waals surface area (Å²) in [4.78, 5) is 0. The number of hydrogen-bond acceptors (Lipinski definition) is 4. The van der Waals surface area contributed by atoms with Crippen molar-refractivity contribution in [1.29, 1.82) is 0 Å². The molecule has 178 valence electrons. The zero-order chi connectivity index (χ0) is 22.4. The smallest absolute Gasteiger partial charge is 0.0645 e. The first kappa shape index (κ1) is 24.0. The second kappa shape index (κ2) is 9.24. The van der Waals surface area contributed by atoms with Gasteiger partial charge in [0.1, 0.15) is 0 Å². The highest BCUT2D eigenvalue weighted by Gasteiger charge is 2.66.